The normalized spacial score (nSPS) is 11.5. The van der Waals surface area contributed by atoms with Crippen LogP contribution in [0.2, 0.25) is 5.02 Å². The van der Waals surface area contributed by atoms with E-state index in [0.717, 1.165) is 0 Å². The number of hydrogen-bond donors (Lipinski definition) is 0. The smallest absolute Gasteiger partial charge is 0.182 e. The Morgan fingerprint density at radius 1 is 0.923 bits per heavy atom. The van der Waals surface area contributed by atoms with Crippen LogP contribution < -0.4 is 0 Å². The van der Waals surface area contributed by atoms with Crippen molar-refractivity contribution >= 4 is 37.4 Å². The fourth-order valence-electron chi connectivity index (χ4n) is 2.54. The number of hydrogen-bond acceptors (Lipinski definition) is 2. The lowest BCUT2D eigenvalue weighted by molar-refractivity contribution is 0.571. The van der Waals surface area contributed by atoms with Crippen molar-refractivity contribution in [2.24, 2.45) is 0 Å². The molecule has 2 nitrogen and oxygen atoms in total. The molecular formula is C19H12BrClF2O2S. The molecule has 0 heterocycles. The molecule has 0 aliphatic rings. The van der Waals surface area contributed by atoms with Gasteiger partial charge in [0.15, 0.2) is 9.84 Å². The molecule has 7 heteroatoms. The summed E-state index contributed by atoms with van der Waals surface area (Å²) in [5.74, 6) is -2.27. The molecule has 3 aromatic carbocycles. The van der Waals surface area contributed by atoms with Gasteiger partial charge in [0.2, 0.25) is 0 Å². The van der Waals surface area contributed by atoms with Crippen LogP contribution in [0.15, 0.2) is 70.0 Å². The molecule has 0 unspecified atom stereocenters. The average molecular weight is 458 g/mol. The predicted molar refractivity (Wildman–Crippen MR) is 102 cm³/mol. The number of halogens is 4. The van der Waals surface area contributed by atoms with E-state index >= 15 is 0 Å². The monoisotopic (exact) mass is 456 g/mol. The van der Waals surface area contributed by atoms with Gasteiger partial charge >= 0.3 is 0 Å². The molecule has 0 aliphatic heterocycles. The van der Waals surface area contributed by atoms with Gasteiger partial charge in [0.05, 0.1) is 10.6 Å². The molecular weight excluding hydrogens is 446 g/mol. The molecule has 0 aromatic heterocycles. The minimum absolute atomic E-state index is 0.0399. The maximum atomic E-state index is 14.2. The van der Waals surface area contributed by atoms with Crippen LogP contribution in [0.3, 0.4) is 0 Å². The Kier molecular flexibility index (Phi) is 5.46. The van der Waals surface area contributed by atoms with Gasteiger partial charge in [0.1, 0.15) is 11.6 Å². The van der Waals surface area contributed by atoms with Crippen LogP contribution >= 0.6 is 27.5 Å². The van der Waals surface area contributed by atoms with Crippen LogP contribution in [0.5, 0.6) is 0 Å². The van der Waals surface area contributed by atoms with Crippen molar-refractivity contribution in [3.63, 3.8) is 0 Å². The van der Waals surface area contributed by atoms with Gasteiger partial charge in [-0.1, -0.05) is 57.9 Å². The molecule has 0 bridgehead atoms. The van der Waals surface area contributed by atoms with Crippen LogP contribution in [0.4, 0.5) is 8.78 Å². The Morgan fingerprint density at radius 2 is 1.62 bits per heavy atom. The largest absolute Gasteiger partial charge is 0.223 e. The lowest BCUT2D eigenvalue weighted by Crippen LogP contribution is -2.07. The fourth-order valence-corrected chi connectivity index (χ4v) is 5.03. The molecule has 0 fully saturated rings. The highest BCUT2D eigenvalue weighted by molar-refractivity contribution is 9.10. The van der Waals surface area contributed by atoms with Gasteiger partial charge < -0.3 is 0 Å². The molecule has 3 aromatic rings. The van der Waals surface area contributed by atoms with Crippen molar-refractivity contribution in [3.05, 3.63) is 87.4 Å². The van der Waals surface area contributed by atoms with E-state index in [4.69, 9.17) is 11.6 Å². The summed E-state index contributed by atoms with van der Waals surface area (Å²) in [5, 5.41) is 0.238. The molecule has 26 heavy (non-hydrogen) atoms. The van der Waals surface area contributed by atoms with E-state index in [1.807, 2.05) is 0 Å². The first-order valence-corrected chi connectivity index (χ1v) is 10.3. The topological polar surface area (TPSA) is 34.1 Å². The number of sulfone groups is 1. The van der Waals surface area contributed by atoms with Crippen molar-refractivity contribution < 1.29 is 17.2 Å². The van der Waals surface area contributed by atoms with E-state index in [2.05, 4.69) is 15.9 Å². The maximum absolute atomic E-state index is 14.2. The first-order chi connectivity index (χ1) is 12.3. The van der Waals surface area contributed by atoms with Crippen LogP contribution in [-0.4, -0.2) is 8.42 Å². The Bertz CT molecular complexity index is 1050. The van der Waals surface area contributed by atoms with Crippen LogP contribution in [0, 0.1) is 11.6 Å². The zero-order valence-electron chi connectivity index (χ0n) is 13.2. The molecule has 0 saturated carbocycles. The third-order valence-corrected chi connectivity index (χ3v) is 6.08. The van der Waals surface area contributed by atoms with E-state index < -0.39 is 27.2 Å². The second-order valence-corrected chi connectivity index (χ2v) is 9.00. The van der Waals surface area contributed by atoms with Gasteiger partial charge in [-0.25, -0.2) is 17.2 Å². The summed E-state index contributed by atoms with van der Waals surface area (Å²) in [6.45, 7) is 0. The summed E-state index contributed by atoms with van der Waals surface area (Å²) < 4.78 is 54.2. The molecule has 134 valence electrons. The van der Waals surface area contributed by atoms with E-state index in [0.29, 0.717) is 16.1 Å². The van der Waals surface area contributed by atoms with E-state index in [-0.39, 0.29) is 21.0 Å². The van der Waals surface area contributed by atoms with Gasteiger partial charge in [-0.15, -0.1) is 0 Å². The minimum Gasteiger partial charge on any atom is -0.223 e. The second kappa shape index (κ2) is 7.47. The first-order valence-electron chi connectivity index (χ1n) is 7.48. The summed E-state index contributed by atoms with van der Waals surface area (Å²) >= 11 is 9.08. The summed E-state index contributed by atoms with van der Waals surface area (Å²) in [7, 11) is -3.87. The quantitative estimate of drug-likeness (QED) is 0.480. The van der Waals surface area contributed by atoms with Crippen molar-refractivity contribution in [1.82, 2.24) is 0 Å². The summed E-state index contributed by atoms with van der Waals surface area (Å²) in [6, 6.07) is 14.7. The van der Waals surface area contributed by atoms with Gasteiger partial charge in [-0.05, 0) is 29.8 Å². The lowest BCUT2D eigenvalue weighted by atomic mass is 10.0. The number of benzene rings is 3. The Balaban J connectivity index is 2.04. The van der Waals surface area contributed by atoms with Crippen molar-refractivity contribution in [2.75, 3.05) is 0 Å². The zero-order valence-corrected chi connectivity index (χ0v) is 16.4. The summed E-state index contributed by atoms with van der Waals surface area (Å²) in [6.07, 6.45) is 0. The summed E-state index contributed by atoms with van der Waals surface area (Å²) in [5.41, 5.74) is 0.569. The van der Waals surface area contributed by atoms with Crippen molar-refractivity contribution in [3.8, 4) is 11.1 Å². The first kappa shape index (κ1) is 19.0. The SMILES string of the molecule is O=S(=O)(Cc1cc(-c2ccccc2)c(F)cc1F)c1cc(Cl)cc(Br)c1. The highest BCUT2D eigenvalue weighted by Crippen LogP contribution is 2.29. The fraction of sp³-hybridized carbons (Fsp3) is 0.0526. The second-order valence-electron chi connectivity index (χ2n) is 5.65. The van der Waals surface area contributed by atoms with Crippen molar-refractivity contribution in [1.29, 1.82) is 0 Å². The molecule has 0 amide bonds. The van der Waals surface area contributed by atoms with Crippen molar-refractivity contribution in [2.45, 2.75) is 10.6 Å². The van der Waals surface area contributed by atoms with E-state index in [1.54, 1.807) is 36.4 Å². The molecule has 0 saturated heterocycles. The third-order valence-electron chi connectivity index (χ3n) is 3.76. The molecule has 0 spiro atoms. The standard InChI is InChI=1S/C19H12BrClF2O2S/c20-14-7-15(21)9-16(8-14)26(24,25)11-13-6-17(19(23)10-18(13)22)12-4-2-1-3-5-12/h1-10H,11H2. The molecule has 3 rings (SSSR count). The molecule has 0 atom stereocenters. The van der Waals surface area contributed by atoms with Gasteiger partial charge in [0.25, 0.3) is 0 Å². The number of rotatable bonds is 4. The highest BCUT2D eigenvalue weighted by Gasteiger charge is 2.21. The summed E-state index contributed by atoms with van der Waals surface area (Å²) in [4.78, 5) is -0.0399. The van der Waals surface area contributed by atoms with Gasteiger partial charge in [0, 0.05) is 26.7 Å². The van der Waals surface area contributed by atoms with Crippen LogP contribution in [-0.2, 0) is 15.6 Å². The maximum Gasteiger partial charge on any atom is 0.182 e. The Hall–Kier alpha value is -1.76. The molecule has 0 N–H and O–H groups in total. The van der Waals surface area contributed by atoms with E-state index in [9.17, 15) is 17.2 Å². The molecule has 0 radical (unpaired) electrons. The lowest BCUT2D eigenvalue weighted by Gasteiger charge is -2.10. The zero-order chi connectivity index (χ0) is 18.9. The van der Waals surface area contributed by atoms with Crippen LogP contribution in [0.25, 0.3) is 11.1 Å². The minimum atomic E-state index is -3.87. The Labute approximate surface area is 163 Å². The van der Waals surface area contributed by atoms with Gasteiger partial charge in [-0.3, -0.25) is 0 Å². The predicted octanol–water partition coefficient (Wildman–Crippen LogP) is 6.02. The molecule has 0 aliphatic carbocycles. The van der Waals surface area contributed by atoms with Gasteiger partial charge in [-0.2, -0.15) is 0 Å². The third kappa shape index (κ3) is 4.14. The van der Waals surface area contributed by atoms with E-state index in [1.165, 1.54) is 18.2 Å². The highest BCUT2D eigenvalue weighted by atomic mass is 79.9. The van der Waals surface area contributed by atoms with Crippen LogP contribution in [0.1, 0.15) is 5.56 Å². The Morgan fingerprint density at radius 3 is 2.27 bits per heavy atom. The average Bonchev–Trinajstić information content (AvgIpc) is 2.57.